The van der Waals surface area contributed by atoms with E-state index in [2.05, 4.69) is 10.0 Å². The molecule has 0 saturated heterocycles. The number of hydrogen-bond acceptors (Lipinski definition) is 4. The molecule has 36 heavy (non-hydrogen) atoms. The molecule has 0 aliphatic carbocycles. The second-order valence-electron chi connectivity index (χ2n) is 7.76. The van der Waals surface area contributed by atoms with Crippen molar-refractivity contribution < 1.29 is 17.9 Å². The summed E-state index contributed by atoms with van der Waals surface area (Å²) in [5, 5.41) is 3.37. The number of anilines is 2. The van der Waals surface area contributed by atoms with Crippen molar-refractivity contribution in [2.24, 2.45) is 0 Å². The minimum absolute atomic E-state index is 0.0613. The molecule has 4 rings (SSSR count). The molecule has 0 atom stereocenters. The molecule has 6 nitrogen and oxygen atoms in total. The van der Waals surface area contributed by atoms with Gasteiger partial charge in [0.05, 0.1) is 12.0 Å². The number of amides is 1. The Balaban J connectivity index is 1.54. The molecule has 0 fully saturated rings. The van der Waals surface area contributed by atoms with Gasteiger partial charge in [-0.05, 0) is 71.8 Å². The summed E-state index contributed by atoms with van der Waals surface area (Å²) >= 11 is 6.31. The van der Waals surface area contributed by atoms with E-state index in [0.29, 0.717) is 33.3 Å². The molecule has 0 radical (unpaired) electrons. The molecule has 2 N–H and O–H groups in total. The van der Waals surface area contributed by atoms with Crippen LogP contribution in [0.1, 0.15) is 11.1 Å². The fourth-order valence-corrected chi connectivity index (χ4v) is 4.68. The lowest BCUT2D eigenvalue weighted by Gasteiger charge is -2.12. The smallest absolute Gasteiger partial charge is 0.261 e. The first-order valence-electron chi connectivity index (χ1n) is 11.0. The zero-order valence-electron chi connectivity index (χ0n) is 19.3. The van der Waals surface area contributed by atoms with Gasteiger partial charge in [-0.15, -0.1) is 0 Å². The lowest BCUT2D eigenvalue weighted by molar-refractivity contribution is -0.111. The molecule has 0 aromatic heterocycles. The largest absolute Gasteiger partial charge is 0.497 e. The lowest BCUT2D eigenvalue weighted by Crippen LogP contribution is -2.15. The highest BCUT2D eigenvalue weighted by molar-refractivity contribution is 7.92. The monoisotopic (exact) mass is 518 g/mol. The number of benzene rings is 4. The number of carbonyl (C=O) groups is 1. The molecule has 0 saturated carbocycles. The van der Waals surface area contributed by atoms with E-state index in [1.54, 1.807) is 48.5 Å². The molecule has 4 aromatic rings. The normalized spacial score (nSPS) is 11.6. The van der Waals surface area contributed by atoms with Gasteiger partial charge in [0.2, 0.25) is 0 Å². The number of methoxy groups -OCH3 is 1. The van der Waals surface area contributed by atoms with Gasteiger partial charge >= 0.3 is 0 Å². The maximum atomic E-state index is 13.2. The third kappa shape index (κ3) is 6.13. The summed E-state index contributed by atoms with van der Waals surface area (Å²) in [6.45, 7) is 0. The third-order valence-electron chi connectivity index (χ3n) is 5.30. The second kappa shape index (κ2) is 11.1. The Hall–Kier alpha value is -4.07. The number of rotatable bonds is 8. The van der Waals surface area contributed by atoms with Crippen molar-refractivity contribution in [3.8, 4) is 5.75 Å². The van der Waals surface area contributed by atoms with E-state index in [1.165, 1.54) is 19.2 Å². The number of ether oxygens (including phenoxy) is 1. The zero-order chi connectivity index (χ0) is 25.5. The van der Waals surface area contributed by atoms with Gasteiger partial charge in [0.25, 0.3) is 15.9 Å². The molecule has 0 aliphatic heterocycles. The van der Waals surface area contributed by atoms with Crippen molar-refractivity contribution in [3.05, 3.63) is 119 Å². The Kier molecular flexibility index (Phi) is 7.73. The van der Waals surface area contributed by atoms with E-state index < -0.39 is 10.0 Å². The molecule has 8 heteroatoms. The summed E-state index contributed by atoms with van der Waals surface area (Å²) in [5.41, 5.74) is 2.70. The summed E-state index contributed by atoms with van der Waals surface area (Å²) in [6, 6.07) is 29.0. The average Bonchev–Trinajstić information content (AvgIpc) is 2.89. The van der Waals surface area contributed by atoms with Gasteiger partial charge in [-0.1, -0.05) is 60.1 Å². The van der Waals surface area contributed by atoms with Crippen molar-refractivity contribution in [1.82, 2.24) is 0 Å². The predicted octanol–water partition coefficient (Wildman–Crippen LogP) is 6.33. The van der Waals surface area contributed by atoms with Gasteiger partial charge in [-0.25, -0.2) is 8.42 Å². The summed E-state index contributed by atoms with van der Waals surface area (Å²) < 4.78 is 33.1. The Labute approximate surface area is 215 Å². The second-order valence-corrected chi connectivity index (χ2v) is 9.85. The zero-order valence-corrected chi connectivity index (χ0v) is 20.9. The fraction of sp³-hybridized carbons (Fsp3) is 0.0357. The molecule has 0 heterocycles. The van der Waals surface area contributed by atoms with Crippen molar-refractivity contribution >= 4 is 50.6 Å². The van der Waals surface area contributed by atoms with E-state index in [4.69, 9.17) is 16.3 Å². The summed E-state index contributed by atoms with van der Waals surface area (Å²) in [7, 11) is -2.28. The van der Waals surface area contributed by atoms with E-state index in [0.717, 1.165) is 5.56 Å². The van der Waals surface area contributed by atoms with E-state index in [-0.39, 0.29) is 10.8 Å². The number of carbonyl (C=O) groups excluding carboxylic acids is 1. The van der Waals surface area contributed by atoms with Crippen LogP contribution in [-0.4, -0.2) is 21.4 Å². The van der Waals surface area contributed by atoms with Gasteiger partial charge in [-0.2, -0.15) is 0 Å². The minimum atomic E-state index is -3.81. The molecular formula is C28H23ClN2O4S. The van der Waals surface area contributed by atoms with Crippen molar-refractivity contribution in [3.63, 3.8) is 0 Å². The lowest BCUT2D eigenvalue weighted by atomic mass is 10.0. The molecule has 1 amide bonds. The van der Waals surface area contributed by atoms with Crippen molar-refractivity contribution in [2.45, 2.75) is 4.90 Å². The van der Waals surface area contributed by atoms with Crippen molar-refractivity contribution in [2.75, 3.05) is 17.1 Å². The van der Waals surface area contributed by atoms with Crippen LogP contribution in [-0.2, 0) is 14.8 Å². The van der Waals surface area contributed by atoms with E-state index in [1.807, 2.05) is 48.5 Å². The minimum Gasteiger partial charge on any atom is -0.497 e. The molecule has 0 spiro atoms. The van der Waals surface area contributed by atoms with Crippen molar-refractivity contribution in [1.29, 1.82) is 0 Å². The van der Waals surface area contributed by atoms with Crippen LogP contribution in [0.15, 0.2) is 108 Å². The third-order valence-corrected chi connectivity index (χ3v) is 7.04. The first kappa shape index (κ1) is 25.0. The first-order valence-corrected chi connectivity index (χ1v) is 12.8. The van der Waals surface area contributed by atoms with Crippen LogP contribution in [0.5, 0.6) is 5.75 Å². The predicted molar refractivity (Wildman–Crippen MR) is 145 cm³/mol. The van der Waals surface area contributed by atoms with Crippen LogP contribution in [0.25, 0.3) is 11.6 Å². The summed E-state index contributed by atoms with van der Waals surface area (Å²) in [4.78, 5) is 13.3. The number of halogens is 1. The fourth-order valence-electron chi connectivity index (χ4n) is 3.43. The van der Waals surface area contributed by atoms with Crippen LogP contribution in [0.3, 0.4) is 0 Å². The van der Waals surface area contributed by atoms with Gasteiger partial charge in [0, 0.05) is 22.0 Å². The Bertz CT molecular complexity index is 1490. The SMILES string of the molecule is COc1ccc(NS(=O)(=O)c2ccc(NC(=O)/C(=C/c3ccccc3Cl)c3ccccc3)cc2)cc1. The molecule has 0 aliphatic rings. The van der Waals surface area contributed by atoms with Crippen LogP contribution < -0.4 is 14.8 Å². The molecule has 4 aromatic carbocycles. The quantitative estimate of drug-likeness (QED) is 0.211. The van der Waals surface area contributed by atoms with Gasteiger partial charge < -0.3 is 10.1 Å². The van der Waals surface area contributed by atoms with E-state index >= 15 is 0 Å². The summed E-state index contributed by atoms with van der Waals surface area (Å²) in [5.74, 6) is 0.268. The maximum absolute atomic E-state index is 13.2. The van der Waals surface area contributed by atoms with Crippen LogP contribution in [0.2, 0.25) is 5.02 Å². The summed E-state index contributed by atoms with van der Waals surface area (Å²) in [6.07, 6.45) is 1.73. The number of sulfonamides is 1. The standard InChI is InChI=1S/C28H23ClN2O4S/c1-35-24-15-11-23(12-16-24)31-36(33,34)25-17-13-22(14-18-25)30-28(32)26(20-7-3-2-4-8-20)19-21-9-5-6-10-27(21)29/h2-19,31H,1H3,(H,30,32)/b26-19+. The first-order chi connectivity index (χ1) is 17.4. The highest BCUT2D eigenvalue weighted by Crippen LogP contribution is 2.25. The topological polar surface area (TPSA) is 84.5 Å². The highest BCUT2D eigenvalue weighted by Gasteiger charge is 2.16. The van der Waals surface area contributed by atoms with Gasteiger partial charge in [-0.3, -0.25) is 9.52 Å². The van der Waals surface area contributed by atoms with E-state index in [9.17, 15) is 13.2 Å². The van der Waals surface area contributed by atoms with Gasteiger partial charge in [0.1, 0.15) is 5.75 Å². The molecular weight excluding hydrogens is 496 g/mol. The highest BCUT2D eigenvalue weighted by atomic mass is 35.5. The van der Waals surface area contributed by atoms with Gasteiger partial charge in [0.15, 0.2) is 0 Å². The maximum Gasteiger partial charge on any atom is 0.261 e. The average molecular weight is 519 g/mol. The molecule has 0 unspecified atom stereocenters. The van der Waals surface area contributed by atoms with Crippen LogP contribution in [0.4, 0.5) is 11.4 Å². The number of nitrogens with one attached hydrogen (secondary N) is 2. The Morgan fingerprint density at radius 1 is 0.806 bits per heavy atom. The molecule has 0 bridgehead atoms. The van der Waals surface area contributed by atoms with Crippen LogP contribution in [0, 0.1) is 0 Å². The Morgan fingerprint density at radius 2 is 1.42 bits per heavy atom. The van der Waals surface area contributed by atoms with Crippen LogP contribution >= 0.6 is 11.6 Å². The molecule has 182 valence electrons. The Morgan fingerprint density at radius 3 is 2.06 bits per heavy atom. The number of hydrogen-bond donors (Lipinski definition) is 2.